The number of benzene rings is 2. The molecule has 7 heteroatoms. The molecule has 2 fully saturated rings. The molecule has 2 aromatic carbocycles. The number of carbonyl (C=O) groups is 2. The highest BCUT2D eigenvalue weighted by Crippen LogP contribution is 2.50. The highest BCUT2D eigenvalue weighted by molar-refractivity contribution is 9.10. The van der Waals surface area contributed by atoms with Crippen LogP contribution in [0.3, 0.4) is 0 Å². The zero-order chi connectivity index (χ0) is 19.6. The van der Waals surface area contributed by atoms with Crippen molar-refractivity contribution < 1.29 is 9.59 Å². The van der Waals surface area contributed by atoms with Crippen molar-refractivity contribution in [3.05, 3.63) is 59.1 Å². The van der Waals surface area contributed by atoms with E-state index in [0.717, 1.165) is 15.9 Å². The molecule has 0 aromatic heterocycles. The number of nitrogens with zero attached hydrogens (tertiary/aromatic N) is 4. The average molecular weight is 439 g/mol. The first kappa shape index (κ1) is 17.6. The Hall–Kier alpha value is -2.51. The molecule has 2 saturated heterocycles. The van der Waals surface area contributed by atoms with E-state index in [4.69, 9.17) is 5.10 Å². The van der Waals surface area contributed by atoms with Crippen LogP contribution in [0.15, 0.2) is 64.2 Å². The number of carbonyl (C=O) groups excluding carboxylic acids is 2. The molecule has 142 valence electrons. The number of halogens is 1. The molecule has 6 nitrogen and oxygen atoms in total. The molecular formula is C21H19BrN4O2. The topological polar surface area (TPSA) is 56.2 Å². The minimum Gasteiger partial charge on any atom is -0.274 e. The minimum absolute atomic E-state index is 0.125. The number of para-hydroxylation sites is 1. The van der Waals surface area contributed by atoms with Crippen LogP contribution in [0.25, 0.3) is 0 Å². The van der Waals surface area contributed by atoms with E-state index < -0.39 is 11.5 Å². The lowest BCUT2D eigenvalue weighted by Crippen LogP contribution is -2.54. The van der Waals surface area contributed by atoms with Crippen molar-refractivity contribution in [3.8, 4) is 0 Å². The number of fused-ring (bicyclic) bond motifs is 3. The standard InChI is InChI=1S/C21H19BrN4O2/c1-13-21(2)18-17(19(27)25(20(18)28)15-6-4-3-5-7-15)12-24(21)26(23-13)16-10-8-14(22)9-11-16/h3-11,17-18H,12H2,1-2H3/t17-,18+,21+/m1/s1. The number of hydrogen-bond donors (Lipinski definition) is 0. The molecule has 3 heterocycles. The van der Waals surface area contributed by atoms with Crippen molar-refractivity contribution in [2.45, 2.75) is 19.4 Å². The molecular weight excluding hydrogens is 420 g/mol. The summed E-state index contributed by atoms with van der Waals surface area (Å²) < 4.78 is 0.987. The highest BCUT2D eigenvalue weighted by atomic mass is 79.9. The fourth-order valence-corrected chi connectivity index (χ4v) is 4.93. The van der Waals surface area contributed by atoms with Crippen molar-refractivity contribution >= 4 is 44.8 Å². The van der Waals surface area contributed by atoms with Crippen molar-refractivity contribution in [2.75, 3.05) is 16.6 Å². The number of hydrogen-bond acceptors (Lipinski definition) is 5. The third-order valence-electron chi connectivity index (χ3n) is 6.22. The maximum absolute atomic E-state index is 13.4. The zero-order valence-electron chi connectivity index (χ0n) is 15.5. The molecule has 0 aliphatic carbocycles. The maximum atomic E-state index is 13.4. The van der Waals surface area contributed by atoms with E-state index in [1.165, 1.54) is 4.90 Å². The fraction of sp³-hybridized carbons (Fsp3) is 0.286. The van der Waals surface area contributed by atoms with Crippen LogP contribution in [0.5, 0.6) is 0 Å². The Morgan fingerprint density at radius 2 is 1.68 bits per heavy atom. The van der Waals surface area contributed by atoms with Crippen LogP contribution in [0.4, 0.5) is 11.4 Å². The Bertz CT molecular complexity index is 1010. The molecule has 3 aliphatic rings. The van der Waals surface area contributed by atoms with Crippen molar-refractivity contribution in [3.63, 3.8) is 0 Å². The second-order valence-corrected chi connectivity index (χ2v) is 8.53. The molecule has 3 aliphatic heterocycles. The SMILES string of the molecule is CC1=NN(c2ccc(Br)cc2)N2C[C@H]3C(=O)N(c4ccccc4)C(=O)[C@H]3[C@]12C. The molecule has 3 atom stereocenters. The molecule has 0 N–H and O–H groups in total. The van der Waals surface area contributed by atoms with Gasteiger partial charge in [-0.25, -0.2) is 4.90 Å². The van der Waals surface area contributed by atoms with E-state index in [-0.39, 0.29) is 17.7 Å². The van der Waals surface area contributed by atoms with Gasteiger partial charge >= 0.3 is 0 Å². The summed E-state index contributed by atoms with van der Waals surface area (Å²) in [6.45, 7) is 4.43. The molecule has 28 heavy (non-hydrogen) atoms. The third kappa shape index (κ3) is 2.20. The van der Waals surface area contributed by atoms with Gasteiger partial charge in [-0.3, -0.25) is 9.59 Å². The summed E-state index contributed by atoms with van der Waals surface area (Å²) in [6.07, 6.45) is 0. The van der Waals surface area contributed by atoms with Gasteiger partial charge in [-0.1, -0.05) is 34.1 Å². The van der Waals surface area contributed by atoms with Crippen molar-refractivity contribution in [2.24, 2.45) is 16.9 Å². The molecule has 0 bridgehead atoms. The number of hydrazine groups is 1. The lowest BCUT2D eigenvalue weighted by molar-refractivity contribution is -0.123. The van der Waals surface area contributed by atoms with E-state index in [9.17, 15) is 9.59 Å². The number of rotatable bonds is 2. The molecule has 0 radical (unpaired) electrons. The van der Waals surface area contributed by atoms with Gasteiger partial charge in [-0.15, -0.1) is 0 Å². The summed E-state index contributed by atoms with van der Waals surface area (Å²) in [7, 11) is 0. The summed E-state index contributed by atoms with van der Waals surface area (Å²) >= 11 is 3.45. The first-order valence-electron chi connectivity index (χ1n) is 9.24. The van der Waals surface area contributed by atoms with E-state index in [1.807, 2.05) is 61.4 Å². The number of anilines is 2. The van der Waals surface area contributed by atoms with Crippen LogP contribution in [-0.2, 0) is 9.59 Å². The van der Waals surface area contributed by atoms with Gasteiger partial charge in [-0.2, -0.15) is 15.2 Å². The maximum Gasteiger partial charge on any atom is 0.240 e. The van der Waals surface area contributed by atoms with Crippen molar-refractivity contribution in [1.82, 2.24) is 5.01 Å². The van der Waals surface area contributed by atoms with E-state index in [1.54, 1.807) is 12.1 Å². The normalized spacial score (nSPS) is 29.3. The smallest absolute Gasteiger partial charge is 0.240 e. The summed E-state index contributed by atoms with van der Waals surface area (Å²) in [6, 6.07) is 17.0. The number of imide groups is 1. The Kier molecular flexibility index (Phi) is 3.76. The average Bonchev–Trinajstić information content (AvgIpc) is 3.23. The van der Waals surface area contributed by atoms with E-state index in [2.05, 4.69) is 20.9 Å². The van der Waals surface area contributed by atoms with E-state index >= 15 is 0 Å². The molecule has 0 spiro atoms. The highest BCUT2D eigenvalue weighted by Gasteiger charge is 2.67. The number of hydrazone groups is 1. The van der Waals surface area contributed by atoms with Crippen molar-refractivity contribution in [1.29, 1.82) is 0 Å². The van der Waals surface area contributed by atoms with Gasteiger partial charge in [0.2, 0.25) is 11.8 Å². The predicted molar refractivity (Wildman–Crippen MR) is 111 cm³/mol. The van der Waals surface area contributed by atoms with Gasteiger partial charge in [0.1, 0.15) is 0 Å². The van der Waals surface area contributed by atoms with Crippen LogP contribution in [0.2, 0.25) is 0 Å². The van der Waals surface area contributed by atoms with Gasteiger partial charge < -0.3 is 0 Å². The minimum atomic E-state index is -0.617. The second-order valence-electron chi connectivity index (χ2n) is 7.61. The summed E-state index contributed by atoms with van der Waals surface area (Å²) in [5.74, 6) is -1.08. The Morgan fingerprint density at radius 1 is 1.00 bits per heavy atom. The quantitative estimate of drug-likeness (QED) is 0.673. The Labute approximate surface area is 171 Å². The van der Waals surface area contributed by atoms with Crippen LogP contribution in [-0.4, -0.2) is 34.6 Å². The monoisotopic (exact) mass is 438 g/mol. The predicted octanol–water partition coefficient (Wildman–Crippen LogP) is 3.44. The van der Waals surface area contributed by atoms with Gasteiger partial charge in [-0.05, 0) is 50.2 Å². The summed E-state index contributed by atoms with van der Waals surface area (Å²) in [5.41, 5.74) is 1.78. The zero-order valence-corrected chi connectivity index (χ0v) is 17.1. The summed E-state index contributed by atoms with van der Waals surface area (Å²) in [4.78, 5) is 27.9. The second kappa shape index (κ2) is 5.99. The number of amides is 2. The van der Waals surface area contributed by atoms with Crippen LogP contribution < -0.4 is 10.0 Å². The van der Waals surface area contributed by atoms with Crippen LogP contribution in [0.1, 0.15) is 13.8 Å². The van der Waals surface area contributed by atoms with Crippen LogP contribution >= 0.6 is 15.9 Å². The Balaban J connectivity index is 1.53. The van der Waals surface area contributed by atoms with Gasteiger partial charge in [0, 0.05) is 11.0 Å². The van der Waals surface area contributed by atoms with Gasteiger partial charge in [0.05, 0.1) is 34.5 Å². The first-order valence-corrected chi connectivity index (χ1v) is 10.0. The van der Waals surface area contributed by atoms with Crippen LogP contribution in [0, 0.1) is 11.8 Å². The lowest BCUT2D eigenvalue weighted by Gasteiger charge is -2.35. The molecule has 2 aromatic rings. The third-order valence-corrected chi connectivity index (χ3v) is 6.74. The molecule has 0 unspecified atom stereocenters. The lowest BCUT2D eigenvalue weighted by atomic mass is 9.80. The molecule has 0 saturated carbocycles. The molecule has 5 rings (SSSR count). The van der Waals surface area contributed by atoms with Gasteiger partial charge in [0.25, 0.3) is 0 Å². The summed E-state index contributed by atoms with van der Waals surface area (Å²) in [5, 5.41) is 8.65. The first-order chi connectivity index (χ1) is 13.4. The largest absolute Gasteiger partial charge is 0.274 e. The fourth-order valence-electron chi connectivity index (χ4n) is 4.67. The molecule has 2 amide bonds. The van der Waals surface area contributed by atoms with Gasteiger partial charge in [0.15, 0.2) is 0 Å². The Morgan fingerprint density at radius 3 is 2.36 bits per heavy atom. The van der Waals surface area contributed by atoms with E-state index in [0.29, 0.717) is 12.2 Å².